The van der Waals surface area contributed by atoms with Crippen LogP contribution >= 0.6 is 11.6 Å². The largest absolute Gasteiger partial charge is 0.495 e. The number of hydrogen-bond donors (Lipinski definition) is 0. The summed E-state index contributed by atoms with van der Waals surface area (Å²) < 4.78 is 22.8. The molecule has 3 aliphatic rings. The summed E-state index contributed by atoms with van der Waals surface area (Å²) in [6, 6.07) is 13.6. The molecule has 2 aromatic carbocycles. The molecular weight excluding hydrogens is 502 g/mol. The molecule has 5 rings (SSSR count). The minimum Gasteiger partial charge on any atom is -0.495 e. The Morgan fingerprint density at radius 3 is 2.55 bits per heavy atom. The van der Waals surface area contributed by atoms with E-state index < -0.39 is 0 Å². The second-order valence-electron chi connectivity index (χ2n) is 10.5. The highest BCUT2D eigenvalue weighted by atomic mass is 35.5. The standard InChI is InChI=1S/C30H42ClN3O4/c1-35-29-21-24(9-10-26(29)31)33-13-14-34-25(22-33)6-5-7-27(34)23-8-11-28(30(20-23)36-2)38-17-4-3-12-32-15-18-37-19-16-32/h8-11,20-21,25,27H,3-7,12-19,22H2,1-2H3/t25-,27+/m0/s1. The Morgan fingerprint density at radius 2 is 1.74 bits per heavy atom. The summed E-state index contributed by atoms with van der Waals surface area (Å²) in [5.41, 5.74) is 2.51. The molecule has 0 saturated carbocycles. The van der Waals surface area contributed by atoms with Gasteiger partial charge in [0, 0.05) is 56.6 Å². The molecule has 3 saturated heterocycles. The minimum absolute atomic E-state index is 0.409. The van der Waals surface area contributed by atoms with Gasteiger partial charge in [0.25, 0.3) is 0 Å². The van der Waals surface area contributed by atoms with Crippen LogP contribution < -0.4 is 19.1 Å². The quantitative estimate of drug-likeness (QED) is 0.379. The van der Waals surface area contributed by atoms with Gasteiger partial charge in [-0.3, -0.25) is 9.80 Å². The third-order valence-corrected chi connectivity index (χ3v) is 8.56. The fraction of sp³-hybridized carbons (Fsp3) is 0.600. The predicted octanol–water partition coefficient (Wildman–Crippen LogP) is 5.26. The van der Waals surface area contributed by atoms with E-state index in [0.29, 0.717) is 23.7 Å². The van der Waals surface area contributed by atoms with Crippen LogP contribution in [0.15, 0.2) is 36.4 Å². The van der Waals surface area contributed by atoms with E-state index in [2.05, 4.69) is 45.0 Å². The first kappa shape index (κ1) is 27.4. The highest BCUT2D eigenvalue weighted by molar-refractivity contribution is 6.32. The van der Waals surface area contributed by atoms with Gasteiger partial charge in [0.05, 0.1) is 39.1 Å². The highest BCUT2D eigenvalue weighted by Gasteiger charge is 2.36. The summed E-state index contributed by atoms with van der Waals surface area (Å²) in [5.74, 6) is 2.42. The van der Waals surface area contributed by atoms with Crippen LogP contribution in [0.1, 0.15) is 43.7 Å². The summed E-state index contributed by atoms with van der Waals surface area (Å²) in [6.45, 7) is 8.67. The molecule has 3 heterocycles. The van der Waals surface area contributed by atoms with E-state index in [1.54, 1.807) is 14.2 Å². The zero-order chi connectivity index (χ0) is 26.3. The molecular formula is C30H42ClN3O4. The van der Waals surface area contributed by atoms with Crippen molar-refractivity contribution in [3.63, 3.8) is 0 Å². The average Bonchev–Trinajstić information content (AvgIpc) is 2.97. The number of halogens is 1. The lowest BCUT2D eigenvalue weighted by Gasteiger charge is -2.49. The van der Waals surface area contributed by atoms with Crippen molar-refractivity contribution in [2.24, 2.45) is 0 Å². The van der Waals surface area contributed by atoms with E-state index in [9.17, 15) is 0 Å². The van der Waals surface area contributed by atoms with Gasteiger partial charge in [0.1, 0.15) is 5.75 Å². The Balaban J connectivity index is 1.17. The number of piperazine rings is 1. The molecule has 0 radical (unpaired) electrons. The number of benzene rings is 2. The number of unbranched alkanes of at least 4 members (excludes halogenated alkanes) is 1. The van der Waals surface area contributed by atoms with Gasteiger partial charge in [-0.2, -0.15) is 0 Å². The van der Waals surface area contributed by atoms with Crippen LogP contribution in [0.3, 0.4) is 0 Å². The van der Waals surface area contributed by atoms with Gasteiger partial charge in [-0.25, -0.2) is 0 Å². The number of morpholine rings is 1. The molecule has 0 bridgehead atoms. The normalized spacial score (nSPS) is 22.7. The topological polar surface area (TPSA) is 46.6 Å². The van der Waals surface area contributed by atoms with Crippen molar-refractivity contribution < 1.29 is 18.9 Å². The predicted molar refractivity (Wildman–Crippen MR) is 152 cm³/mol. The number of fused-ring (bicyclic) bond motifs is 1. The third-order valence-electron chi connectivity index (χ3n) is 8.25. The van der Waals surface area contributed by atoms with Gasteiger partial charge in [-0.1, -0.05) is 17.7 Å². The lowest BCUT2D eigenvalue weighted by molar-refractivity contribution is 0.0368. The molecule has 0 aromatic heterocycles. The SMILES string of the molecule is COc1cc(N2CCN3[C@@H](CCC[C@@H]3c3ccc(OCCCCN4CCOCC4)c(OC)c3)C2)ccc1Cl. The maximum absolute atomic E-state index is 6.26. The van der Waals surface area contributed by atoms with E-state index in [1.165, 1.54) is 30.5 Å². The molecule has 0 N–H and O–H groups in total. The maximum atomic E-state index is 6.26. The number of anilines is 1. The van der Waals surface area contributed by atoms with E-state index in [4.69, 9.17) is 30.5 Å². The third kappa shape index (κ3) is 6.50. The van der Waals surface area contributed by atoms with Gasteiger partial charge in [0.15, 0.2) is 11.5 Å². The van der Waals surface area contributed by atoms with Crippen LogP contribution in [0.5, 0.6) is 17.2 Å². The molecule has 38 heavy (non-hydrogen) atoms. The zero-order valence-electron chi connectivity index (χ0n) is 22.9. The molecule has 0 aliphatic carbocycles. The summed E-state index contributed by atoms with van der Waals surface area (Å²) in [6.07, 6.45) is 5.80. The Kier molecular flexibility index (Phi) is 9.54. The number of nitrogens with zero attached hydrogens (tertiary/aromatic N) is 3. The average molecular weight is 544 g/mol. The smallest absolute Gasteiger partial charge is 0.161 e. The minimum atomic E-state index is 0.409. The van der Waals surface area contributed by atoms with Crippen molar-refractivity contribution in [1.29, 1.82) is 0 Å². The van der Waals surface area contributed by atoms with E-state index in [1.807, 2.05) is 6.07 Å². The maximum Gasteiger partial charge on any atom is 0.161 e. The van der Waals surface area contributed by atoms with Crippen LogP contribution in [0.25, 0.3) is 0 Å². The molecule has 2 atom stereocenters. The first-order valence-corrected chi connectivity index (χ1v) is 14.5. The highest BCUT2D eigenvalue weighted by Crippen LogP contribution is 2.40. The molecule has 0 spiro atoms. The van der Waals surface area contributed by atoms with Crippen molar-refractivity contribution >= 4 is 17.3 Å². The van der Waals surface area contributed by atoms with Gasteiger partial charge in [0.2, 0.25) is 0 Å². The first-order chi connectivity index (χ1) is 18.7. The molecule has 3 fully saturated rings. The van der Waals surface area contributed by atoms with Crippen LogP contribution in [-0.4, -0.2) is 89.2 Å². The monoisotopic (exact) mass is 543 g/mol. The molecule has 7 nitrogen and oxygen atoms in total. The van der Waals surface area contributed by atoms with Crippen LogP contribution in [0.4, 0.5) is 5.69 Å². The Labute approximate surface area is 232 Å². The van der Waals surface area contributed by atoms with Gasteiger partial charge in [-0.05, 0) is 68.5 Å². The summed E-state index contributed by atoms with van der Waals surface area (Å²) in [4.78, 5) is 7.65. The lowest BCUT2D eigenvalue weighted by atomic mass is 9.89. The molecule has 8 heteroatoms. The van der Waals surface area contributed by atoms with Crippen molar-refractivity contribution in [2.75, 3.05) is 78.2 Å². The van der Waals surface area contributed by atoms with E-state index in [0.717, 1.165) is 82.6 Å². The van der Waals surface area contributed by atoms with Gasteiger partial charge >= 0.3 is 0 Å². The second-order valence-corrected chi connectivity index (χ2v) is 10.9. The van der Waals surface area contributed by atoms with Gasteiger partial charge in [-0.15, -0.1) is 0 Å². The molecule has 208 valence electrons. The van der Waals surface area contributed by atoms with Crippen LogP contribution in [0.2, 0.25) is 5.02 Å². The number of methoxy groups -OCH3 is 2. The van der Waals surface area contributed by atoms with Gasteiger partial charge < -0.3 is 23.8 Å². The second kappa shape index (κ2) is 13.2. The molecule has 2 aromatic rings. The Morgan fingerprint density at radius 1 is 0.895 bits per heavy atom. The van der Waals surface area contributed by atoms with E-state index in [-0.39, 0.29) is 0 Å². The van der Waals surface area contributed by atoms with Crippen LogP contribution in [-0.2, 0) is 4.74 Å². The first-order valence-electron chi connectivity index (χ1n) is 14.1. The number of piperidine rings is 1. The summed E-state index contributed by atoms with van der Waals surface area (Å²) >= 11 is 6.26. The number of ether oxygens (including phenoxy) is 4. The fourth-order valence-electron chi connectivity index (χ4n) is 6.14. The summed E-state index contributed by atoms with van der Waals surface area (Å²) in [5, 5.41) is 0.655. The molecule has 0 amide bonds. The summed E-state index contributed by atoms with van der Waals surface area (Å²) in [7, 11) is 3.42. The van der Waals surface area contributed by atoms with Crippen molar-refractivity contribution in [1.82, 2.24) is 9.80 Å². The molecule has 3 aliphatic heterocycles. The van der Waals surface area contributed by atoms with Crippen molar-refractivity contribution in [3.05, 3.63) is 47.0 Å². The lowest BCUT2D eigenvalue weighted by Crippen LogP contribution is -2.55. The zero-order valence-corrected chi connectivity index (χ0v) is 23.6. The molecule has 0 unspecified atom stereocenters. The van der Waals surface area contributed by atoms with Crippen LogP contribution in [0, 0.1) is 0 Å². The number of rotatable bonds is 10. The Hall–Kier alpha value is -2.19. The number of hydrogen-bond acceptors (Lipinski definition) is 7. The fourth-order valence-corrected chi connectivity index (χ4v) is 6.34. The Bertz CT molecular complexity index is 1050. The van der Waals surface area contributed by atoms with Crippen molar-refractivity contribution in [2.45, 2.75) is 44.2 Å². The van der Waals surface area contributed by atoms with E-state index >= 15 is 0 Å². The van der Waals surface area contributed by atoms with Crippen molar-refractivity contribution in [3.8, 4) is 17.2 Å².